The zero-order valence-corrected chi connectivity index (χ0v) is 12.2. The summed E-state index contributed by atoms with van der Waals surface area (Å²) in [7, 11) is 1.57. The summed E-state index contributed by atoms with van der Waals surface area (Å²) in [6.45, 7) is 0.866. The van der Waals surface area contributed by atoms with Crippen molar-refractivity contribution in [3.8, 4) is 6.07 Å². The molecule has 0 fully saturated rings. The number of rotatable bonds is 6. The van der Waals surface area contributed by atoms with Crippen LogP contribution >= 0.6 is 0 Å². The van der Waals surface area contributed by atoms with Crippen LogP contribution in [0.5, 0.6) is 0 Å². The number of anilines is 2. The number of para-hydroxylation sites is 1. The first kappa shape index (κ1) is 15.5. The van der Waals surface area contributed by atoms with Gasteiger partial charge in [-0.05, 0) is 24.3 Å². The number of nitriles is 1. The summed E-state index contributed by atoms with van der Waals surface area (Å²) in [5, 5.41) is 14.9. The first-order valence-electron chi connectivity index (χ1n) is 6.74. The summed E-state index contributed by atoms with van der Waals surface area (Å²) in [5.74, 6) is -0.269. The van der Waals surface area contributed by atoms with Crippen LogP contribution in [0, 0.1) is 11.3 Å². The minimum Gasteiger partial charge on any atom is -0.383 e. The largest absolute Gasteiger partial charge is 0.383 e. The van der Waals surface area contributed by atoms with E-state index in [0.29, 0.717) is 35.8 Å². The number of pyridine rings is 1. The molecule has 0 atom stereocenters. The van der Waals surface area contributed by atoms with Crippen LogP contribution in [0.2, 0.25) is 0 Å². The van der Waals surface area contributed by atoms with Gasteiger partial charge < -0.3 is 15.4 Å². The van der Waals surface area contributed by atoms with Gasteiger partial charge in [-0.1, -0.05) is 12.1 Å². The molecule has 0 saturated carbocycles. The SMILES string of the molecule is COCCNC(=O)c1cc(Nc2ccccc2C#N)ccn1. The van der Waals surface area contributed by atoms with Gasteiger partial charge in [0.25, 0.3) is 5.91 Å². The Kier molecular flexibility index (Phi) is 5.46. The predicted molar refractivity (Wildman–Crippen MR) is 82.9 cm³/mol. The van der Waals surface area contributed by atoms with Crippen LogP contribution in [0.1, 0.15) is 16.1 Å². The summed E-state index contributed by atoms with van der Waals surface area (Å²) >= 11 is 0. The number of amides is 1. The van der Waals surface area contributed by atoms with E-state index in [1.54, 1.807) is 43.6 Å². The smallest absolute Gasteiger partial charge is 0.270 e. The molecule has 2 aromatic rings. The molecular formula is C16H16N4O2. The van der Waals surface area contributed by atoms with Crippen LogP contribution in [0.3, 0.4) is 0 Å². The lowest BCUT2D eigenvalue weighted by Gasteiger charge is -2.09. The second kappa shape index (κ2) is 7.76. The van der Waals surface area contributed by atoms with Crippen LogP contribution < -0.4 is 10.6 Å². The minimum atomic E-state index is -0.269. The molecule has 0 spiro atoms. The van der Waals surface area contributed by atoms with Crippen molar-refractivity contribution in [1.82, 2.24) is 10.3 Å². The Bertz CT molecular complexity index is 695. The second-order valence-corrected chi connectivity index (χ2v) is 4.46. The molecule has 6 heteroatoms. The van der Waals surface area contributed by atoms with Gasteiger partial charge in [-0.3, -0.25) is 9.78 Å². The van der Waals surface area contributed by atoms with E-state index < -0.39 is 0 Å². The molecule has 1 amide bonds. The van der Waals surface area contributed by atoms with Crippen molar-refractivity contribution < 1.29 is 9.53 Å². The van der Waals surface area contributed by atoms with E-state index in [-0.39, 0.29) is 5.91 Å². The predicted octanol–water partition coefficient (Wildman–Crippen LogP) is 2.07. The standard InChI is InChI=1S/C16H16N4O2/c1-22-9-8-19-16(21)15-10-13(6-7-18-15)20-14-5-3-2-4-12(14)11-17/h2-7,10H,8-9H2,1H3,(H,18,20)(H,19,21). The average molecular weight is 296 g/mol. The molecule has 1 heterocycles. The summed E-state index contributed by atoms with van der Waals surface area (Å²) in [5.41, 5.74) is 2.21. The van der Waals surface area contributed by atoms with Crippen LogP contribution in [0.15, 0.2) is 42.6 Å². The van der Waals surface area contributed by atoms with Crippen LogP contribution in [0.25, 0.3) is 0 Å². The average Bonchev–Trinajstić information content (AvgIpc) is 2.56. The third-order valence-corrected chi connectivity index (χ3v) is 2.91. The molecular weight excluding hydrogens is 280 g/mol. The Morgan fingerprint density at radius 2 is 2.18 bits per heavy atom. The Balaban J connectivity index is 2.12. The van der Waals surface area contributed by atoms with Crippen molar-refractivity contribution in [2.45, 2.75) is 0 Å². The van der Waals surface area contributed by atoms with E-state index in [4.69, 9.17) is 10.00 Å². The van der Waals surface area contributed by atoms with E-state index in [1.165, 1.54) is 0 Å². The molecule has 22 heavy (non-hydrogen) atoms. The van der Waals surface area contributed by atoms with Gasteiger partial charge in [0, 0.05) is 25.5 Å². The van der Waals surface area contributed by atoms with Gasteiger partial charge in [0.05, 0.1) is 17.9 Å². The van der Waals surface area contributed by atoms with Crippen molar-refractivity contribution in [3.63, 3.8) is 0 Å². The van der Waals surface area contributed by atoms with E-state index in [2.05, 4.69) is 21.7 Å². The van der Waals surface area contributed by atoms with Crippen molar-refractivity contribution in [3.05, 3.63) is 53.9 Å². The first-order valence-corrected chi connectivity index (χ1v) is 6.74. The van der Waals surface area contributed by atoms with E-state index >= 15 is 0 Å². The van der Waals surface area contributed by atoms with Crippen molar-refractivity contribution >= 4 is 17.3 Å². The molecule has 1 aromatic heterocycles. The van der Waals surface area contributed by atoms with Crippen molar-refractivity contribution in [1.29, 1.82) is 5.26 Å². The third kappa shape index (κ3) is 4.04. The number of benzene rings is 1. The lowest BCUT2D eigenvalue weighted by Crippen LogP contribution is -2.27. The van der Waals surface area contributed by atoms with Gasteiger partial charge in [-0.2, -0.15) is 5.26 Å². The maximum absolute atomic E-state index is 11.9. The molecule has 0 aliphatic heterocycles. The summed E-state index contributed by atoms with van der Waals surface area (Å²) < 4.78 is 4.88. The number of ether oxygens (including phenoxy) is 1. The number of carbonyl (C=O) groups is 1. The number of methoxy groups -OCH3 is 1. The molecule has 0 radical (unpaired) electrons. The number of hydrogen-bond donors (Lipinski definition) is 2. The van der Waals surface area contributed by atoms with Crippen molar-refractivity contribution in [2.24, 2.45) is 0 Å². The van der Waals surface area contributed by atoms with Crippen LogP contribution in [-0.4, -0.2) is 31.2 Å². The highest BCUT2D eigenvalue weighted by molar-refractivity contribution is 5.93. The van der Waals surface area contributed by atoms with Crippen LogP contribution in [0.4, 0.5) is 11.4 Å². The van der Waals surface area contributed by atoms with E-state index in [0.717, 1.165) is 0 Å². The molecule has 2 rings (SSSR count). The monoisotopic (exact) mass is 296 g/mol. The van der Waals surface area contributed by atoms with Gasteiger partial charge in [0.2, 0.25) is 0 Å². The maximum atomic E-state index is 11.9. The van der Waals surface area contributed by atoms with Crippen molar-refractivity contribution in [2.75, 3.05) is 25.6 Å². The molecule has 2 N–H and O–H groups in total. The van der Waals surface area contributed by atoms with Gasteiger partial charge in [0.1, 0.15) is 11.8 Å². The quantitative estimate of drug-likeness (QED) is 0.797. The highest BCUT2D eigenvalue weighted by Gasteiger charge is 2.08. The minimum absolute atomic E-state index is 0.269. The Labute approximate surface area is 128 Å². The number of nitrogens with zero attached hydrogens (tertiary/aromatic N) is 2. The fourth-order valence-corrected chi connectivity index (χ4v) is 1.83. The third-order valence-electron chi connectivity index (χ3n) is 2.91. The normalized spacial score (nSPS) is 9.82. The molecule has 0 unspecified atom stereocenters. The number of hydrogen-bond acceptors (Lipinski definition) is 5. The molecule has 6 nitrogen and oxygen atoms in total. The Morgan fingerprint density at radius 3 is 2.95 bits per heavy atom. The van der Waals surface area contributed by atoms with E-state index in [9.17, 15) is 4.79 Å². The molecule has 0 aliphatic carbocycles. The molecule has 1 aromatic carbocycles. The fraction of sp³-hybridized carbons (Fsp3) is 0.188. The Hall–Kier alpha value is -2.91. The second-order valence-electron chi connectivity index (χ2n) is 4.46. The maximum Gasteiger partial charge on any atom is 0.270 e. The number of carbonyl (C=O) groups excluding carboxylic acids is 1. The lowest BCUT2D eigenvalue weighted by atomic mass is 10.2. The Morgan fingerprint density at radius 1 is 1.36 bits per heavy atom. The van der Waals surface area contributed by atoms with Gasteiger partial charge in [-0.15, -0.1) is 0 Å². The lowest BCUT2D eigenvalue weighted by molar-refractivity contribution is 0.0932. The summed E-state index contributed by atoms with van der Waals surface area (Å²) in [4.78, 5) is 16.0. The molecule has 0 saturated heterocycles. The highest BCUT2D eigenvalue weighted by Crippen LogP contribution is 2.20. The zero-order valence-electron chi connectivity index (χ0n) is 12.2. The van der Waals surface area contributed by atoms with E-state index in [1.807, 2.05) is 6.07 Å². The van der Waals surface area contributed by atoms with Gasteiger partial charge in [0.15, 0.2) is 0 Å². The summed E-state index contributed by atoms with van der Waals surface area (Å²) in [6.07, 6.45) is 1.54. The highest BCUT2D eigenvalue weighted by atomic mass is 16.5. The zero-order chi connectivity index (χ0) is 15.8. The van der Waals surface area contributed by atoms with Gasteiger partial charge >= 0.3 is 0 Å². The number of aromatic nitrogens is 1. The fourth-order valence-electron chi connectivity index (χ4n) is 1.83. The van der Waals surface area contributed by atoms with Gasteiger partial charge in [-0.25, -0.2) is 0 Å². The molecule has 112 valence electrons. The first-order chi connectivity index (χ1) is 10.7. The number of nitrogens with one attached hydrogen (secondary N) is 2. The summed E-state index contributed by atoms with van der Waals surface area (Å²) in [6, 6.07) is 12.6. The molecule has 0 bridgehead atoms. The molecule has 0 aliphatic rings. The topological polar surface area (TPSA) is 87.0 Å². The van der Waals surface area contributed by atoms with Crippen LogP contribution in [-0.2, 0) is 4.74 Å².